The van der Waals surface area contributed by atoms with Crippen molar-refractivity contribution in [2.45, 2.75) is 32.6 Å². The Morgan fingerprint density at radius 1 is 1.20 bits per heavy atom. The Bertz CT molecular complexity index is 714. The van der Waals surface area contributed by atoms with Crippen molar-refractivity contribution in [3.63, 3.8) is 0 Å². The number of urea groups is 1. The van der Waals surface area contributed by atoms with E-state index in [4.69, 9.17) is 4.74 Å². The van der Waals surface area contributed by atoms with Crippen LogP contribution in [0.25, 0.3) is 5.95 Å². The van der Waals surface area contributed by atoms with Gasteiger partial charge in [0.2, 0.25) is 0 Å². The number of carbonyl (C=O) groups is 1. The summed E-state index contributed by atoms with van der Waals surface area (Å²) in [5.74, 6) is 0.985. The lowest BCUT2D eigenvalue weighted by atomic mass is 9.92. The van der Waals surface area contributed by atoms with Gasteiger partial charge in [0, 0.05) is 43.6 Å². The summed E-state index contributed by atoms with van der Waals surface area (Å²) in [7, 11) is 0. The Morgan fingerprint density at radius 2 is 1.96 bits per heavy atom. The molecule has 0 saturated carbocycles. The molecule has 3 rings (SSSR count). The van der Waals surface area contributed by atoms with Crippen molar-refractivity contribution >= 4 is 11.8 Å². The van der Waals surface area contributed by atoms with E-state index in [1.165, 1.54) is 0 Å². The molecule has 0 atom stereocenters. The molecule has 1 N–H and O–H groups in total. The second-order valence-corrected chi connectivity index (χ2v) is 7.01. The fraction of sp³-hybridized carbons (Fsp3) is 0.529. The molecule has 134 valence electrons. The molecule has 3 heterocycles. The molecule has 1 saturated heterocycles. The summed E-state index contributed by atoms with van der Waals surface area (Å²) in [4.78, 5) is 22.9. The van der Waals surface area contributed by atoms with Crippen molar-refractivity contribution in [1.82, 2.24) is 24.6 Å². The van der Waals surface area contributed by atoms with E-state index < -0.39 is 0 Å². The van der Waals surface area contributed by atoms with E-state index in [0.29, 0.717) is 38.1 Å². The molecule has 2 aromatic rings. The van der Waals surface area contributed by atoms with Gasteiger partial charge in [0.25, 0.3) is 5.95 Å². The molecule has 0 spiro atoms. The zero-order chi connectivity index (χ0) is 17.9. The second kappa shape index (κ2) is 7.18. The van der Waals surface area contributed by atoms with Gasteiger partial charge in [0.15, 0.2) is 0 Å². The van der Waals surface area contributed by atoms with Gasteiger partial charge in [-0.1, -0.05) is 20.8 Å². The third-order valence-electron chi connectivity index (χ3n) is 3.96. The Hall–Kier alpha value is -2.48. The molecule has 8 nitrogen and oxygen atoms in total. The monoisotopic (exact) mass is 344 g/mol. The van der Waals surface area contributed by atoms with Crippen LogP contribution in [0.5, 0.6) is 0 Å². The lowest BCUT2D eigenvalue weighted by Crippen LogP contribution is -2.37. The van der Waals surface area contributed by atoms with Crippen LogP contribution in [0.1, 0.15) is 32.9 Å². The Labute approximate surface area is 147 Å². The number of nitrogens with zero attached hydrogens (tertiary/aromatic N) is 5. The van der Waals surface area contributed by atoms with Crippen LogP contribution in [0.15, 0.2) is 24.5 Å². The van der Waals surface area contributed by atoms with Crippen molar-refractivity contribution in [2.24, 2.45) is 0 Å². The first-order chi connectivity index (χ1) is 11.9. The lowest BCUT2D eigenvalue weighted by Gasteiger charge is -2.20. The number of amides is 2. The van der Waals surface area contributed by atoms with Crippen LogP contribution in [0, 0.1) is 0 Å². The van der Waals surface area contributed by atoms with Gasteiger partial charge in [-0.05, 0) is 12.5 Å². The summed E-state index contributed by atoms with van der Waals surface area (Å²) in [5, 5.41) is 7.55. The minimum atomic E-state index is -0.164. The number of ether oxygens (including phenoxy) is 1. The fourth-order valence-electron chi connectivity index (χ4n) is 2.53. The molecular weight excluding hydrogens is 320 g/mol. The van der Waals surface area contributed by atoms with Crippen LogP contribution >= 0.6 is 0 Å². The van der Waals surface area contributed by atoms with Gasteiger partial charge in [0.1, 0.15) is 5.82 Å². The van der Waals surface area contributed by atoms with Crippen LogP contribution in [-0.4, -0.2) is 57.0 Å². The van der Waals surface area contributed by atoms with Crippen LogP contribution < -0.4 is 5.32 Å². The molecule has 0 radical (unpaired) electrons. The van der Waals surface area contributed by atoms with Crippen LogP contribution in [0.2, 0.25) is 0 Å². The highest BCUT2D eigenvalue weighted by Crippen LogP contribution is 2.25. The maximum absolute atomic E-state index is 12.6. The number of aromatic nitrogens is 4. The highest BCUT2D eigenvalue weighted by atomic mass is 16.5. The van der Waals surface area contributed by atoms with Gasteiger partial charge >= 0.3 is 6.03 Å². The SMILES string of the molecule is CC(C)(C)c1cc(NC(=O)N2CCCOCC2)n(-c2ncccn2)n1. The first-order valence-corrected chi connectivity index (χ1v) is 8.47. The summed E-state index contributed by atoms with van der Waals surface area (Å²) in [6, 6.07) is 3.46. The molecule has 1 aliphatic heterocycles. The molecule has 0 unspecified atom stereocenters. The maximum atomic E-state index is 12.6. The number of hydrogen-bond donors (Lipinski definition) is 1. The molecule has 0 aromatic carbocycles. The van der Waals surface area contributed by atoms with Crippen LogP contribution in [0.4, 0.5) is 10.6 Å². The van der Waals surface area contributed by atoms with E-state index in [2.05, 4.69) is 41.2 Å². The van der Waals surface area contributed by atoms with E-state index >= 15 is 0 Å². The summed E-state index contributed by atoms with van der Waals surface area (Å²) >= 11 is 0. The molecule has 1 aliphatic rings. The summed E-state index contributed by atoms with van der Waals surface area (Å²) in [5.41, 5.74) is 0.699. The second-order valence-electron chi connectivity index (χ2n) is 7.01. The Balaban J connectivity index is 1.88. The largest absolute Gasteiger partial charge is 0.380 e. The predicted octanol–water partition coefficient (Wildman–Crippen LogP) is 2.21. The van der Waals surface area contributed by atoms with Gasteiger partial charge in [0.05, 0.1) is 12.3 Å². The lowest BCUT2D eigenvalue weighted by molar-refractivity contribution is 0.144. The molecular formula is C17H24N6O2. The third-order valence-corrected chi connectivity index (χ3v) is 3.96. The van der Waals surface area contributed by atoms with Crippen LogP contribution in [-0.2, 0) is 10.2 Å². The quantitative estimate of drug-likeness (QED) is 0.903. The number of carbonyl (C=O) groups excluding carboxylic acids is 1. The van der Waals surface area contributed by atoms with Crippen LogP contribution in [0.3, 0.4) is 0 Å². The van der Waals surface area contributed by atoms with E-state index in [1.807, 2.05) is 6.07 Å². The molecule has 2 amide bonds. The highest BCUT2D eigenvalue weighted by molar-refractivity contribution is 5.88. The van der Waals surface area contributed by atoms with Crippen molar-refractivity contribution in [1.29, 1.82) is 0 Å². The van der Waals surface area contributed by atoms with Gasteiger partial charge < -0.3 is 9.64 Å². The average Bonchev–Trinajstić information content (AvgIpc) is 2.82. The van der Waals surface area contributed by atoms with E-state index in [-0.39, 0.29) is 11.4 Å². The smallest absolute Gasteiger partial charge is 0.323 e. The van der Waals surface area contributed by atoms with Crippen molar-refractivity contribution < 1.29 is 9.53 Å². The topological polar surface area (TPSA) is 85.2 Å². The summed E-state index contributed by atoms with van der Waals surface area (Å²) in [6.45, 7) is 8.72. The molecule has 0 aliphatic carbocycles. The highest BCUT2D eigenvalue weighted by Gasteiger charge is 2.24. The van der Waals surface area contributed by atoms with Crippen molar-refractivity contribution in [3.05, 3.63) is 30.2 Å². The standard InChI is InChI=1S/C17H24N6O2/c1-17(2,3)13-12-14(23(21-13)15-18-6-4-7-19-15)20-16(24)22-8-5-10-25-11-9-22/h4,6-7,12H,5,8-11H2,1-3H3,(H,20,24). The first-order valence-electron chi connectivity index (χ1n) is 8.47. The molecule has 8 heteroatoms. The summed E-state index contributed by atoms with van der Waals surface area (Å²) < 4.78 is 6.98. The Kier molecular flexibility index (Phi) is 4.98. The first kappa shape index (κ1) is 17.3. The maximum Gasteiger partial charge on any atom is 0.323 e. The van der Waals surface area contributed by atoms with Gasteiger partial charge in [-0.25, -0.2) is 14.8 Å². The van der Waals surface area contributed by atoms with Gasteiger partial charge in [-0.3, -0.25) is 5.32 Å². The fourth-order valence-corrected chi connectivity index (χ4v) is 2.53. The molecule has 0 bridgehead atoms. The number of hydrogen-bond acceptors (Lipinski definition) is 5. The zero-order valence-corrected chi connectivity index (χ0v) is 14.9. The minimum Gasteiger partial charge on any atom is -0.380 e. The molecule has 1 fully saturated rings. The third kappa shape index (κ3) is 4.14. The number of nitrogens with one attached hydrogen (secondary N) is 1. The number of anilines is 1. The van der Waals surface area contributed by atoms with E-state index in [0.717, 1.165) is 12.1 Å². The normalized spacial score (nSPS) is 15.7. The van der Waals surface area contributed by atoms with Gasteiger partial charge in [-0.2, -0.15) is 9.78 Å². The zero-order valence-electron chi connectivity index (χ0n) is 14.9. The number of rotatable bonds is 2. The van der Waals surface area contributed by atoms with E-state index in [9.17, 15) is 4.79 Å². The van der Waals surface area contributed by atoms with Gasteiger partial charge in [-0.15, -0.1) is 0 Å². The summed E-state index contributed by atoms with van der Waals surface area (Å²) in [6.07, 6.45) is 4.14. The van der Waals surface area contributed by atoms with Crippen molar-refractivity contribution in [3.8, 4) is 5.95 Å². The molecule has 25 heavy (non-hydrogen) atoms. The average molecular weight is 344 g/mol. The minimum absolute atomic E-state index is 0.157. The van der Waals surface area contributed by atoms with E-state index in [1.54, 1.807) is 28.0 Å². The molecule has 2 aromatic heterocycles. The van der Waals surface area contributed by atoms with Crippen molar-refractivity contribution in [2.75, 3.05) is 31.6 Å². The predicted molar refractivity (Wildman–Crippen MR) is 93.9 cm³/mol. The Morgan fingerprint density at radius 3 is 2.68 bits per heavy atom.